The summed E-state index contributed by atoms with van der Waals surface area (Å²) in [7, 11) is 0. The van der Waals surface area contributed by atoms with Crippen LogP contribution >= 0.6 is 11.3 Å². The second-order valence-corrected chi connectivity index (χ2v) is 4.95. The first kappa shape index (κ1) is 12.2. The largest absolute Gasteiger partial charge is 0.303 e. The minimum atomic E-state index is -0.163. The van der Waals surface area contributed by atoms with Crippen molar-refractivity contribution in [3.63, 3.8) is 0 Å². The van der Waals surface area contributed by atoms with Gasteiger partial charge in [-0.15, -0.1) is 11.3 Å². The first-order chi connectivity index (χ1) is 8.18. The van der Waals surface area contributed by atoms with Crippen molar-refractivity contribution >= 4 is 11.3 Å². The molecule has 2 aromatic rings. The monoisotopic (exact) mass is 250 g/mol. The van der Waals surface area contributed by atoms with Gasteiger partial charge in [-0.3, -0.25) is 4.98 Å². The SMILES string of the molecule is CC(NC(C)c1ccccc1F)c1cncs1. The van der Waals surface area contributed by atoms with Crippen LogP contribution in [0.4, 0.5) is 4.39 Å². The molecule has 0 aliphatic carbocycles. The molecular weight excluding hydrogens is 235 g/mol. The summed E-state index contributed by atoms with van der Waals surface area (Å²) in [5.74, 6) is -0.163. The summed E-state index contributed by atoms with van der Waals surface area (Å²) < 4.78 is 13.6. The average Bonchev–Trinajstić information content (AvgIpc) is 2.82. The molecule has 0 amide bonds. The molecule has 0 aliphatic rings. The van der Waals surface area contributed by atoms with E-state index in [1.165, 1.54) is 6.07 Å². The molecule has 0 radical (unpaired) electrons. The molecule has 0 spiro atoms. The average molecular weight is 250 g/mol. The van der Waals surface area contributed by atoms with Crippen LogP contribution in [0.2, 0.25) is 0 Å². The van der Waals surface area contributed by atoms with E-state index in [1.54, 1.807) is 22.9 Å². The van der Waals surface area contributed by atoms with Gasteiger partial charge in [-0.05, 0) is 19.9 Å². The molecule has 2 unspecified atom stereocenters. The zero-order valence-corrected chi connectivity index (χ0v) is 10.7. The molecule has 1 N–H and O–H groups in total. The van der Waals surface area contributed by atoms with Crippen molar-refractivity contribution in [2.75, 3.05) is 0 Å². The lowest BCUT2D eigenvalue weighted by atomic mass is 10.1. The molecule has 90 valence electrons. The number of hydrogen-bond donors (Lipinski definition) is 1. The summed E-state index contributed by atoms with van der Waals surface area (Å²) >= 11 is 1.61. The van der Waals surface area contributed by atoms with E-state index in [0.717, 1.165) is 4.88 Å². The van der Waals surface area contributed by atoms with Crippen LogP contribution in [-0.4, -0.2) is 4.98 Å². The van der Waals surface area contributed by atoms with Crippen molar-refractivity contribution in [2.45, 2.75) is 25.9 Å². The Hall–Kier alpha value is -1.26. The molecule has 4 heteroatoms. The van der Waals surface area contributed by atoms with E-state index in [-0.39, 0.29) is 17.9 Å². The lowest BCUT2D eigenvalue weighted by Crippen LogP contribution is -2.22. The molecule has 2 atom stereocenters. The Morgan fingerprint density at radius 3 is 2.65 bits per heavy atom. The Morgan fingerprint density at radius 1 is 1.24 bits per heavy atom. The molecule has 1 heterocycles. The number of thiazole rings is 1. The van der Waals surface area contributed by atoms with Gasteiger partial charge in [0.25, 0.3) is 0 Å². The Morgan fingerprint density at radius 2 is 2.00 bits per heavy atom. The smallest absolute Gasteiger partial charge is 0.127 e. The van der Waals surface area contributed by atoms with Crippen LogP contribution in [0.1, 0.15) is 36.4 Å². The molecular formula is C13H15FN2S. The van der Waals surface area contributed by atoms with Crippen molar-refractivity contribution < 1.29 is 4.39 Å². The highest BCUT2D eigenvalue weighted by Crippen LogP contribution is 2.22. The van der Waals surface area contributed by atoms with E-state index in [4.69, 9.17) is 0 Å². The van der Waals surface area contributed by atoms with Crippen LogP contribution in [0.5, 0.6) is 0 Å². The van der Waals surface area contributed by atoms with E-state index in [1.807, 2.05) is 25.3 Å². The van der Waals surface area contributed by atoms with Gasteiger partial charge in [-0.2, -0.15) is 0 Å². The fourth-order valence-electron chi connectivity index (χ4n) is 1.81. The number of aromatic nitrogens is 1. The van der Waals surface area contributed by atoms with Crippen molar-refractivity contribution in [1.29, 1.82) is 0 Å². The van der Waals surface area contributed by atoms with Crippen LogP contribution in [-0.2, 0) is 0 Å². The zero-order chi connectivity index (χ0) is 12.3. The number of benzene rings is 1. The quantitative estimate of drug-likeness (QED) is 0.895. The highest BCUT2D eigenvalue weighted by Gasteiger charge is 2.14. The zero-order valence-electron chi connectivity index (χ0n) is 9.85. The molecule has 0 saturated carbocycles. The van der Waals surface area contributed by atoms with E-state index < -0.39 is 0 Å². The maximum atomic E-state index is 13.6. The van der Waals surface area contributed by atoms with Gasteiger partial charge >= 0.3 is 0 Å². The Bertz CT molecular complexity index is 470. The molecule has 17 heavy (non-hydrogen) atoms. The molecule has 1 aromatic carbocycles. The third kappa shape index (κ3) is 2.90. The molecule has 0 aliphatic heterocycles. The number of nitrogens with one attached hydrogen (secondary N) is 1. The summed E-state index contributed by atoms with van der Waals surface area (Å²) in [6, 6.07) is 7.02. The third-order valence-electron chi connectivity index (χ3n) is 2.75. The summed E-state index contributed by atoms with van der Waals surface area (Å²) in [6.45, 7) is 4.03. The fourth-order valence-corrected chi connectivity index (χ4v) is 2.45. The van der Waals surface area contributed by atoms with Gasteiger partial charge < -0.3 is 5.32 Å². The van der Waals surface area contributed by atoms with Gasteiger partial charge in [0.05, 0.1) is 5.51 Å². The normalized spacial score (nSPS) is 14.5. The molecule has 1 aromatic heterocycles. The van der Waals surface area contributed by atoms with Crippen LogP contribution in [0, 0.1) is 5.82 Å². The summed E-state index contributed by atoms with van der Waals surface area (Å²) in [5.41, 5.74) is 2.50. The number of rotatable bonds is 4. The second-order valence-electron chi connectivity index (χ2n) is 4.04. The summed E-state index contributed by atoms with van der Waals surface area (Å²) in [6.07, 6.45) is 1.84. The van der Waals surface area contributed by atoms with Crippen LogP contribution in [0.25, 0.3) is 0 Å². The van der Waals surface area contributed by atoms with Gasteiger partial charge in [-0.1, -0.05) is 18.2 Å². The first-order valence-electron chi connectivity index (χ1n) is 5.57. The van der Waals surface area contributed by atoms with E-state index in [9.17, 15) is 4.39 Å². The fraction of sp³-hybridized carbons (Fsp3) is 0.308. The van der Waals surface area contributed by atoms with Crippen LogP contribution in [0.3, 0.4) is 0 Å². The maximum absolute atomic E-state index is 13.6. The summed E-state index contributed by atoms with van der Waals surface area (Å²) in [5, 5.41) is 3.37. The topological polar surface area (TPSA) is 24.9 Å². The first-order valence-corrected chi connectivity index (χ1v) is 6.45. The lowest BCUT2D eigenvalue weighted by Gasteiger charge is -2.19. The van der Waals surface area contributed by atoms with E-state index in [0.29, 0.717) is 5.56 Å². The van der Waals surface area contributed by atoms with Crippen molar-refractivity contribution in [1.82, 2.24) is 10.3 Å². The number of hydrogen-bond acceptors (Lipinski definition) is 3. The molecule has 2 nitrogen and oxygen atoms in total. The van der Waals surface area contributed by atoms with Gasteiger partial charge in [-0.25, -0.2) is 4.39 Å². The van der Waals surface area contributed by atoms with Gasteiger partial charge in [0.1, 0.15) is 5.82 Å². The molecule has 2 rings (SSSR count). The second kappa shape index (κ2) is 5.38. The highest BCUT2D eigenvalue weighted by atomic mass is 32.1. The summed E-state index contributed by atoms with van der Waals surface area (Å²) in [4.78, 5) is 5.21. The molecule has 0 fully saturated rings. The van der Waals surface area contributed by atoms with Gasteiger partial charge in [0.15, 0.2) is 0 Å². The van der Waals surface area contributed by atoms with Crippen molar-refractivity contribution in [3.05, 3.63) is 52.2 Å². The minimum Gasteiger partial charge on any atom is -0.303 e. The lowest BCUT2D eigenvalue weighted by molar-refractivity contribution is 0.478. The van der Waals surface area contributed by atoms with Crippen molar-refractivity contribution in [3.8, 4) is 0 Å². The van der Waals surface area contributed by atoms with Crippen LogP contribution < -0.4 is 5.32 Å². The Labute approximate surface area is 105 Å². The number of nitrogens with zero attached hydrogens (tertiary/aromatic N) is 1. The van der Waals surface area contributed by atoms with Crippen molar-refractivity contribution in [2.24, 2.45) is 0 Å². The molecule has 0 saturated heterocycles. The van der Waals surface area contributed by atoms with Gasteiger partial charge in [0, 0.05) is 28.7 Å². The number of halogens is 1. The Balaban J connectivity index is 2.07. The predicted molar refractivity (Wildman–Crippen MR) is 68.5 cm³/mol. The minimum absolute atomic E-state index is 0.0201. The van der Waals surface area contributed by atoms with E-state index in [2.05, 4.69) is 17.2 Å². The maximum Gasteiger partial charge on any atom is 0.127 e. The third-order valence-corrected chi connectivity index (χ3v) is 3.71. The van der Waals surface area contributed by atoms with Gasteiger partial charge in [0.2, 0.25) is 0 Å². The molecule has 0 bridgehead atoms. The standard InChI is InChI=1S/C13H15FN2S/c1-9(11-5-3-4-6-12(11)14)16-10(2)13-7-15-8-17-13/h3-10,16H,1-2H3. The van der Waals surface area contributed by atoms with E-state index >= 15 is 0 Å². The Kier molecular flexibility index (Phi) is 3.86. The predicted octanol–water partition coefficient (Wildman–Crippen LogP) is 3.69. The highest BCUT2D eigenvalue weighted by molar-refractivity contribution is 7.09. The van der Waals surface area contributed by atoms with Crippen LogP contribution in [0.15, 0.2) is 36.0 Å².